The van der Waals surface area contributed by atoms with E-state index < -0.39 is 0 Å². The molecule has 84 valence electrons. The summed E-state index contributed by atoms with van der Waals surface area (Å²) in [5, 5.41) is 8.92. The fourth-order valence-electron chi connectivity index (χ4n) is 1.56. The maximum atomic E-state index is 11.7. The Morgan fingerprint density at radius 3 is 2.87 bits per heavy atom. The number of aliphatic hydroxyl groups is 1. The van der Waals surface area contributed by atoms with Gasteiger partial charge >= 0.3 is 0 Å². The first-order valence-electron chi connectivity index (χ1n) is 5.50. The van der Waals surface area contributed by atoms with Crippen LogP contribution in [0.1, 0.15) is 55.1 Å². The van der Waals surface area contributed by atoms with E-state index in [1.807, 2.05) is 0 Å². The van der Waals surface area contributed by atoms with Crippen molar-refractivity contribution in [2.45, 2.75) is 45.6 Å². The van der Waals surface area contributed by atoms with Gasteiger partial charge in [-0.15, -0.1) is 0 Å². The molecule has 0 aromatic carbocycles. The van der Waals surface area contributed by atoms with E-state index in [1.54, 1.807) is 6.07 Å². The van der Waals surface area contributed by atoms with Gasteiger partial charge in [-0.2, -0.15) is 0 Å². The summed E-state index contributed by atoms with van der Waals surface area (Å²) in [7, 11) is 0. The third-order valence-corrected chi connectivity index (χ3v) is 2.45. The number of hydrogen-bond acceptors (Lipinski definition) is 3. The third kappa shape index (κ3) is 3.51. The number of carbonyl (C=O) groups is 1. The number of rotatable bonds is 7. The second-order valence-corrected chi connectivity index (χ2v) is 3.65. The molecule has 0 saturated carbocycles. The molecule has 0 aliphatic carbocycles. The molecule has 1 rings (SSSR count). The predicted octanol–water partition coefficient (Wildman–Crippen LogP) is 2.93. The summed E-state index contributed by atoms with van der Waals surface area (Å²) in [5.74, 6) is 0.458. The van der Waals surface area contributed by atoms with Crippen molar-refractivity contribution >= 4 is 5.78 Å². The Morgan fingerprint density at radius 2 is 2.20 bits per heavy atom. The first-order valence-corrected chi connectivity index (χ1v) is 5.50. The van der Waals surface area contributed by atoms with Crippen LogP contribution in [0, 0.1) is 0 Å². The van der Waals surface area contributed by atoms with E-state index in [2.05, 4.69) is 6.92 Å². The van der Waals surface area contributed by atoms with Crippen molar-refractivity contribution in [2.24, 2.45) is 0 Å². The molecule has 1 N–H and O–H groups in total. The standard InChI is InChI=1S/C12H18O3/c1-2-3-4-5-6-11(14)10-7-8-15-12(10)9-13/h7-8,13H,2-6,9H2,1H3. The van der Waals surface area contributed by atoms with E-state index in [1.165, 1.54) is 19.1 Å². The second kappa shape index (κ2) is 6.40. The quantitative estimate of drug-likeness (QED) is 0.556. The van der Waals surface area contributed by atoms with Crippen molar-refractivity contribution in [2.75, 3.05) is 0 Å². The van der Waals surface area contributed by atoms with Gasteiger partial charge in [-0.1, -0.05) is 26.2 Å². The lowest BCUT2D eigenvalue weighted by atomic mass is 10.0. The molecule has 0 bridgehead atoms. The third-order valence-electron chi connectivity index (χ3n) is 2.45. The number of hydrogen-bond donors (Lipinski definition) is 1. The van der Waals surface area contributed by atoms with Crippen LogP contribution in [0.2, 0.25) is 0 Å². The van der Waals surface area contributed by atoms with Gasteiger partial charge in [0.25, 0.3) is 0 Å². The van der Waals surface area contributed by atoms with Crippen molar-refractivity contribution < 1.29 is 14.3 Å². The molecule has 0 aliphatic heterocycles. The Hall–Kier alpha value is -1.09. The highest BCUT2D eigenvalue weighted by atomic mass is 16.4. The van der Waals surface area contributed by atoms with Crippen LogP contribution in [0.4, 0.5) is 0 Å². The van der Waals surface area contributed by atoms with E-state index in [0.717, 1.165) is 12.8 Å². The fraction of sp³-hybridized carbons (Fsp3) is 0.583. The highest BCUT2D eigenvalue weighted by Crippen LogP contribution is 2.15. The zero-order valence-corrected chi connectivity index (χ0v) is 9.16. The minimum absolute atomic E-state index is 0.0731. The molecule has 3 heteroatoms. The molecule has 0 unspecified atom stereocenters. The fourth-order valence-corrected chi connectivity index (χ4v) is 1.56. The van der Waals surface area contributed by atoms with E-state index in [-0.39, 0.29) is 12.4 Å². The van der Waals surface area contributed by atoms with Crippen LogP contribution in [0.25, 0.3) is 0 Å². The zero-order valence-electron chi connectivity index (χ0n) is 9.16. The number of Topliss-reactive ketones (excluding diaryl/α,β-unsaturated/α-hetero) is 1. The van der Waals surface area contributed by atoms with Crippen LogP contribution in [-0.2, 0) is 6.61 Å². The van der Waals surface area contributed by atoms with Gasteiger partial charge in [0.05, 0.1) is 11.8 Å². The van der Waals surface area contributed by atoms with E-state index in [4.69, 9.17) is 9.52 Å². The molecule has 0 radical (unpaired) electrons. The molecule has 3 nitrogen and oxygen atoms in total. The van der Waals surface area contributed by atoms with Gasteiger partial charge in [0.2, 0.25) is 0 Å². The summed E-state index contributed by atoms with van der Waals surface area (Å²) >= 11 is 0. The summed E-state index contributed by atoms with van der Waals surface area (Å²) in [4.78, 5) is 11.7. The summed E-state index contributed by atoms with van der Waals surface area (Å²) < 4.78 is 4.99. The van der Waals surface area contributed by atoms with Crippen molar-refractivity contribution in [1.82, 2.24) is 0 Å². The number of unbranched alkanes of at least 4 members (excludes halogenated alkanes) is 3. The van der Waals surface area contributed by atoms with E-state index in [9.17, 15) is 4.79 Å². The molecule has 0 atom stereocenters. The van der Waals surface area contributed by atoms with Gasteiger partial charge in [-0.05, 0) is 12.5 Å². The Labute approximate surface area is 90.1 Å². The maximum Gasteiger partial charge on any atom is 0.166 e. The van der Waals surface area contributed by atoms with Crippen molar-refractivity contribution in [1.29, 1.82) is 0 Å². The highest BCUT2D eigenvalue weighted by molar-refractivity contribution is 5.96. The molecule has 0 aliphatic rings. The topological polar surface area (TPSA) is 50.4 Å². The highest BCUT2D eigenvalue weighted by Gasteiger charge is 2.12. The van der Waals surface area contributed by atoms with Crippen molar-refractivity contribution in [3.63, 3.8) is 0 Å². The maximum absolute atomic E-state index is 11.7. The van der Waals surface area contributed by atoms with E-state index >= 15 is 0 Å². The molecular weight excluding hydrogens is 192 g/mol. The molecule has 1 heterocycles. The van der Waals surface area contributed by atoms with Crippen molar-refractivity contribution in [3.8, 4) is 0 Å². The Morgan fingerprint density at radius 1 is 1.40 bits per heavy atom. The molecule has 15 heavy (non-hydrogen) atoms. The lowest BCUT2D eigenvalue weighted by molar-refractivity contribution is 0.0974. The van der Waals surface area contributed by atoms with Crippen LogP contribution >= 0.6 is 0 Å². The van der Waals surface area contributed by atoms with Crippen LogP contribution in [-0.4, -0.2) is 10.9 Å². The average molecular weight is 210 g/mol. The summed E-state index contributed by atoms with van der Waals surface area (Å²) in [6.07, 6.45) is 6.35. The van der Waals surface area contributed by atoms with Crippen molar-refractivity contribution in [3.05, 3.63) is 23.7 Å². The van der Waals surface area contributed by atoms with E-state index in [0.29, 0.717) is 17.7 Å². The monoisotopic (exact) mass is 210 g/mol. The first kappa shape index (κ1) is 12.0. The normalized spacial score (nSPS) is 10.5. The zero-order chi connectivity index (χ0) is 11.1. The summed E-state index contributed by atoms with van der Waals surface area (Å²) in [6.45, 7) is 1.94. The molecule has 0 spiro atoms. The van der Waals surface area contributed by atoms with Crippen LogP contribution < -0.4 is 0 Å². The summed E-state index contributed by atoms with van der Waals surface area (Å²) in [6, 6.07) is 1.63. The summed E-state index contributed by atoms with van der Waals surface area (Å²) in [5.41, 5.74) is 0.536. The Balaban J connectivity index is 2.40. The minimum atomic E-state index is -0.205. The lowest BCUT2D eigenvalue weighted by Gasteiger charge is -1.99. The molecule has 0 amide bonds. The molecular formula is C12H18O3. The Bertz CT molecular complexity index is 302. The lowest BCUT2D eigenvalue weighted by Crippen LogP contribution is -2.01. The molecule has 1 aromatic rings. The predicted molar refractivity (Wildman–Crippen MR) is 57.7 cm³/mol. The average Bonchev–Trinajstić information content (AvgIpc) is 2.72. The Kier molecular flexibility index (Phi) is 5.12. The minimum Gasteiger partial charge on any atom is -0.466 e. The first-order chi connectivity index (χ1) is 7.29. The molecule has 1 aromatic heterocycles. The number of carbonyl (C=O) groups excluding carboxylic acids is 1. The number of ketones is 1. The number of aliphatic hydroxyl groups excluding tert-OH is 1. The van der Waals surface area contributed by atoms with Crippen LogP contribution in [0.3, 0.4) is 0 Å². The smallest absolute Gasteiger partial charge is 0.166 e. The van der Waals surface area contributed by atoms with Crippen LogP contribution in [0.5, 0.6) is 0 Å². The molecule has 0 saturated heterocycles. The van der Waals surface area contributed by atoms with Gasteiger partial charge in [-0.25, -0.2) is 0 Å². The largest absolute Gasteiger partial charge is 0.466 e. The van der Waals surface area contributed by atoms with Gasteiger partial charge < -0.3 is 9.52 Å². The number of furan rings is 1. The SMILES string of the molecule is CCCCCCC(=O)c1ccoc1CO. The van der Waals surface area contributed by atoms with Crippen LogP contribution in [0.15, 0.2) is 16.7 Å². The van der Waals surface area contributed by atoms with Gasteiger partial charge in [0.1, 0.15) is 12.4 Å². The molecule has 0 fully saturated rings. The van der Waals surface area contributed by atoms with Gasteiger partial charge in [0, 0.05) is 6.42 Å². The second-order valence-electron chi connectivity index (χ2n) is 3.65. The van der Waals surface area contributed by atoms with Gasteiger partial charge in [-0.3, -0.25) is 4.79 Å². The van der Waals surface area contributed by atoms with Gasteiger partial charge in [0.15, 0.2) is 5.78 Å².